The number of benzene rings is 1. The maximum absolute atomic E-state index is 13.9. The quantitative estimate of drug-likeness (QED) is 0.942. The highest BCUT2D eigenvalue weighted by Gasteiger charge is 2.30. The van der Waals surface area contributed by atoms with Gasteiger partial charge in [-0.1, -0.05) is 12.1 Å². The van der Waals surface area contributed by atoms with Crippen molar-refractivity contribution in [1.82, 2.24) is 10.3 Å². The molecule has 22 heavy (non-hydrogen) atoms. The molecule has 1 aliphatic rings. The van der Waals surface area contributed by atoms with Crippen LogP contribution in [-0.4, -0.2) is 30.8 Å². The lowest BCUT2D eigenvalue weighted by Gasteiger charge is -2.31. The summed E-state index contributed by atoms with van der Waals surface area (Å²) in [6, 6.07) is 8.94. The zero-order chi connectivity index (χ0) is 15.4. The molecule has 2 atom stereocenters. The molecule has 1 fully saturated rings. The number of halogens is 2. The zero-order valence-corrected chi connectivity index (χ0v) is 11.8. The molecular formula is C16H16F2N2O2. The molecule has 1 aromatic carbocycles. The fourth-order valence-corrected chi connectivity index (χ4v) is 2.37. The molecule has 2 aromatic rings. The summed E-state index contributed by atoms with van der Waals surface area (Å²) < 4.78 is 39.0. The number of hydrogen-bond acceptors (Lipinski definition) is 4. The topological polar surface area (TPSA) is 43.4 Å². The molecule has 0 bridgehead atoms. The lowest BCUT2D eigenvalue weighted by molar-refractivity contribution is -0.0467. The van der Waals surface area contributed by atoms with E-state index < -0.39 is 23.5 Å². The van der Waals surface area contributed by atoms with E-state index in [9.17, 15) is 8.78 Å². The van der Waals surface area contributed by atoms with Crippen LogP contribution in [0.3, 0.4) is 0 Å². The van der Waals surface area contributed by atoms with Crippen molar-refractivity contribution in [3.8, 4) is 5.75 Å². The maximum atomic E-state index is 13.9. The van der Waals surface area contributed by atoms with E-state index in [1.54, 1.807) is 24.4 Å². The average molecular weight is 306 g/mol. The molecule has 4 nitrogen and oxygen atoms in total. The van der Waals surface area contributed by atoms with Crippen LogP contribution >= 0.6 is 0 Å². The van der Waals surface area contributed by atoms with Crippen molar-refractivity contribution < 1.29 is 18.3 Å². The van der Waals surface area contributed by atoms with E-state index in [-0.39, 0.29) is 6.10 Å². The Kier molecular flexibility index (Phi) is 4.60. The average Bonchev–Trinajstić information content (AvgIpc) is 2.56. The molecule has 1 aliphatic heterocycles. The molecule has 0 aliphatic carbocycles. The Morgan fingerprint density at radius 2 is 2.00 bits per heavy atom. The van der Waals surface area contributed by atoms with Crippen molar-refractivity contribution in [1.29, 1.82) is 0 Å². The van der Waals surface area contributed by atoms with Crippen LogP contribution in [0.1, 0.15) is 11.8 Å². The van der Waals surface area contributed by atoms with Crippen molar-refractivity contribution in [2.75, 3.05) is 19.7 Å². The van der Waals surface area contributed by atoms with Crippen LogP contribution in [0.4, 0.5) is 8.78 Å². The van der Waals surface area contributed by atoms with Gasteiger partial charge in [0, 0.05) is 19.3 Å². The van der Waals surface area contributed by atoms with Crippen LogP contribution in [0.5, 0.6) is 5.75 Å². The molecule has 1 aromatic heterocycles. The fourth-order valence-electron chi connectivity index (χ4n) is 2.37. The number of nitrogens with one attached hydrogen (secondary N) is 1. The van der Waals surface area contributed by atoms with Crippen LogP contribution in [0.15, 0.2) is 42.6 Å². The Morgan fingerprint density at radius 1 is 1.18 bits per heavy atom. The van der Waals surface area contributed by atoms with Gasteiger partial charge in [0.1, 0.15) is 6.10 Å². The molecule has 3 rings (SSSR count). The number of morpholine rings is 1. The van der Waals surface area contributed by atoms with Crippen LogP contribution in [0.25, 0.3) is 0 Å². The predicted molar refractivity (Wildman–Crippen MR) is 76.6 cm³/mol. The molecule has 1 unspecified atom stereocenters. The smallest absolute Gasteiger partial charge is 0.191 e. The summed E-state index contributed by atoms with van der Waals surface area (Å²) in [5.74, 6) is -1.90. The molecule has 116 valence electrons. The number of nitrogens with zero attached hydrogens (tertiary/aromatic N) is 1. The third-order valence-electron chi connectivity index (χ3n) is 3.44. The highest BCUT2D eigenvalue weighted by atomic mass is 19.1. The number of rotatable bonds is 4. The van der Waals surface area contributed by atoms with Crippen molar-refractivity contribution in [2.24, 2.45) is 0 Å². The molecule has 0 saturated carbocycles. The van der Waals surface area contributed by atoms with Gasteiger partial charge >= 0.3 is 0 Å². The van der Waals surface area contributed by atoms with Crippen LogP contribution < -0.4 is 10.1 Å². The minimum atomic E-state index is -0.746. The van der Waals surface area contributed by atoms with E-state index in [4.69, 9.17) is 9.47 Å². The van der Waals surface area contributed by atoms with E-state index in [1.807, 2.05) is 0 Å². The Hall–Kier alpha value is -2.05. The highest BCUT2D eigenvalue weighted by molar-refractivity contribution is 5.27. The monoisotopic (exact) mass is 306 g/mol. The second-order valence-corrected chi connectivity index (χ2v) is 4.96. The maximum Gasteiger partial charge on any atom is 0.191 e. The third-order valence-corrected chi connectivity index (χ3v) is 3.44. The summed E-state index contributed by atoms with van der Waals surface area (Å²) >= 11 is 0. The largest absolute Gasteiger partial charge is 0.475 e. The fraction of sp³-hybridized carbons (Fsp3) is 0.312. The van der Waals surface area contributed by atoms with E-state index in [0.717, 1.165) is 18.7 Å². The van der Waals surface area contributed by atoms with Gasteiger partial charge in [0.05, 0.1) is 12.3 Å². The molecule has 0 spiro atoms. The Morgan fingerprint density at radius 3 is 2.64 bits per heavy atom. The van der Waals surface area contributed by atoms with Gasteiger partial charge in [-0.2, -0.15) is 0 Å². The first-order chi connectivity index (χ1) is 10.8. The summed E-state index contributed by atoms with van der Waals surface area (Å²) in [6.45, 7) is 1.77. The number of pyridine rings is 1. The summed E-state index contributed by atoms with van der Waals surface area (Å²) in [5, 5.41) is 3.18. The van der Waals surface area contributed by atoms with E-state index in [2.05, 4.69) is 10.3 Å². The summed E-state index contributed by atoms with van der Waals surface area (Å²) in [4.78, 5) is 4.23. The standard InChI is InChI=1S/C16H16F2N2O2/c17-11-4-3-5-12(18)15(11)22-16(13-6-1-2-7-20-13)14-10-19-8-9-21-14/h1-7,14,16,19H,8-10H2/t14-,16?/m0/s1. The molecule has 0 amide bonds. The SMILES string of the molecule is Fc1cccc(F)c1OC(c1ccccn1)[C@@H]1CNCCO1. The van der Waals surface area contributed by atoms with Crippen LogP contribution in [0, 0.1) is 11.6 Å². The molecule has 2 heterocycles. The first kappa shape index (κ1) is 14.9. The summed E-state index contributed by atoms with van der Waals surface area (Å²) in [7, 11) is 0. The van der Waals surface area contributed by atoms with Gasteiger partial charge in [0.2, 0.25) is 0 Å². The van der Waals surface area contributed by atoms with Crippen LogP contribution in [0.2, 0.25) is 0 Å². The van der Waals surface area contributed by atoms with Gasteiger partial charge in [-0.3, -0.25) is 4.98 Å². The van der Waals surface area contributed by atoms with Crippen molar-refractivity contribution in [3.05, 3.63) is 59.9 Å². The Balaban J connectivity index is 1.91. The highest BCUT2D eigenvalue weighted by Crippen LogP contribution is 2.30. The molecular weight excluding hydrogens is 290 g/mol. The van der Waals surface area contributed by atoms with Crippen molar-refractivity contribution in [3.63, 3.8) is 0 Å². The minimum Gasteiger partial charge on any atom is -0.475 e. The molecule has 1 saturated heterocycles. The van der Waals surface area contributed by atoms with Gasteiger partial charge in [0.25, 0.3) is 0 Å². The Bertz CT molecular complexity index is 599. The second kappa shape index (κ2) is 6.81. The first-order valence-electron chi connectivity index (χ1n) is 7.09. The van der Waals surface area contributed by atoms with Crippen molar-refractivity contribution >= 4 is 0 Å². The summed E-state index contributed by atoms with van der Waals surface area (Å²) in [5.41, 5.74) is 0.568. The number of para-hydroxylation sites is 1. The second-order valence-electron chi connectivity index (χ2n) is 4.96. The molecule has 1 N–H and O–H groups in total. The lowest BCUT2D eigenvalue weighted by atomic mass is 10.1. The predicted octanol–water partition coefficient (Wildman–Crippen LogP) is 2.47. The lowest BCUT2D eigenvalue weighted by Crippen LogP contribution is -2.43. The van der Waals surface area contributed by atoms with E-state index in [1.165, 1.54) is 6.07 Å². The van der Waals surface area contributed by atoms with Gasteiger partial charge in [-0.25, -0.2) is 8.78 Å². The van der Waals surface area contributed by atoms with Gasteiger partial charge in [0.15, 0.2) is 23.5 Å². The molecule has 0 radical (unpaired) electrons. The molecule has 6 heteroatoms. The number of ether oxygens (including phenoxy) is 2. The third kappa shape index (κ3) is 3.23. The normalized spacial score (nSPS) is 19.6. The first-order valence-corrected chi connectivity index (χ1v) is 7.09. The minimum absolute atomic E-state index is 0.373. The van der Waals surface area contributed by atoms with Gasteiger partial charge in [-0.15, -0.1) is 0 Å². The van der Waals surface area contributed by atoms with Gasteiger partial charge in [-0.05, 0) is 24.3 Å². The summed E-state index contributed by atoms with van der Waals surface area (Å²) in [6.07, 6.45) is 0.544. The van der Waals surface area contributed by atoms with E-state index >= 15 is 0 Å². The zero-order valence-electron chi connectivity index (χ0n) is 11.8. The Labute approximate surface area is 127 Å². The number of hydrogen-bond donors (Lipinski definition) is 1. The van der Waals surface area contributed by atoms with Crippen molar-refractivity contribution in [2.45, 2.75) is 12.2 Å². The van der Waals surface area contributed by atoms with Gasteiger partial charge < -0.3 is 14.8 Å². The number of aromatic nitrogens is 1. The van der Waals surface area contributed by atoms with Crippen LogP contribution in [-0.2, 0) is 4.74 Å². The van der Waals surface area contributed by atoms with E-state index in [0.29, 0.717) is 18.8 Å².